The molecule has 0 saturated heterocycles. The highest BCUT2D eigenvalue weighted by atomic mass is 35.5. The fourth-order valence-corrected chi connectivity index (χ4v) is 3.60. The topological polar surface area (TPSA) is 75.3 Å². The van der Waals surface area contributed by atoms with Crippen molar-refractivity contribution in [3.05, 3.63) is 28.8 Å². The number of benzene rings is 1. The van der Waals surface area contributed by atoms with E-state index < -0.39 is 15.6 Å². The van der Waals surface area contributed by atoms with Crippen LogP contribution >= 0.6 is 11.6 Å². The highest BCUT2D eigenvalue weighted by molar-refractivity contribution is 7.89. The predicted molar refractivity (Wildman–Crippen MR) is 84.1 cm³/mol. The van der Waals surface area contributed by atoms with Crippen LogP contribution in [0.15, 0.2) is 23.1 Å². The zero-order chi connectivity index (χ0) is 16.4. The molecule has 5 nitrogen and oxygen atoms in total. The molecule has 1 rings (SSSR count). The predicted octanol–water partition coefficient (Wildman–Crippen LogP) is 2.56. The fourth-order valence-electron chi connectivity index (χ4n) is 1.65. The maximum atomic E-state index is 12.3. The number of hydrogen-bond donors (Lipinski definition) is 2. The molecule has 0 bridgehead atoms. The van der Waals surface area contributed by atoms with Crippen molar-refractivity contribution in [2.75, 3.05) is 0 Å². The van der Waals surface area contributed by atoms with Gasteiger partial charge in [-0.1, -0.05) is 11.6 Å². The first kappa shape index (κ1) is 17.9. The summed E-state index contributed by atoms with van der Waals surface area (Å²) in [5, 5.41) is 2.78. The van der Waals surface area contributed by atoms with Crippen molar-refractivity contribution in [2.24, 2.45) is 0 Å². The third-order valence-corrected chi connectivity index (χ3v) is 4.58. The van der Waals surface area contributed by atoms with Gasteiger partial charge in [-0.2, -0.15) is 0 Å². The number of amides is 1. The van der Waals surface area contributed by atoms with Gasteiger partial charge in [0.05, 0.1) is 5.02 Å². The SMILES string of the molecule is CC(C)NC(=O)c1ccc(Cl)c(S(=O)(=O)NC(C)(C)C)c1. The molecule has 0 atom stereocenters. The number of carbonyl (C=O) groups excluding carboxylic acids is 1. The first-order valence-corrected chi connectivity index (χ1v) is 8.43. The van der Waals surface area contributed by atoms with Gasteiger partial charge in [0.2, 0.25) is 10.0 Å². The smallest absolute Gasteiger partial charge is 0.251 e. The van der Waals surface area contributed by atoms with Crippen molar-refractivity contribution < 1.29 is 13.2 Å². The Labute approximate surface area is 131 Å². The maximum absolute atomic E-state index is 12.3. The molecule has 0 aliphatic carbocycles. The molecular formula is C14H21ClN2O3S. The van der Waals surface area contributed by atoms with Crippen LogP contribution in [0.4, 0.5) is 0 Å². The van der Waals surface area contributed by atoms with Gasteiger partial charge in [0.15, 0.2) is 0 Å². The Balaban J connectivity index is 3.22. The van der Waals surface area contributed by atoms with E-state index >= 15 is 0 Å². The first-order chi connectivity index (χ1) is 9.42. The van der Waals surface area contributed by atoms with Gasteiger partial charge in [-0.15, -0.1) is 0 Å². The Morgan fingerprint density at radius 2 is 1.81 bits per heavy atom. The molecule has 0 aliphatic rings. The molecule has 1 aromatic carbocycles. The molecule has 2 N–H and O–H groups in total. The zero-order valence-electron chi connectivity index (χ0n) is 12.8. The maximum Gasteiger partial charge on any atom is 0.251 e. The summed E-state index contributed by atoms with van der Waals surface area (Å²) >= 11 is 5.97. The van der Waals surface area contributed by atoms with E-state index in [1.165, 1.54) is 18.2 Å². The van der Waals surface area contributed by atoms with Gasteiger partial charge in [-0.05, 0) is 52.8 Å². The molecule has 1 aromatic rings. The standard InChI is InChI=1S/C14H21ClN2O3S/c1-9(2)16-13(18)10-6-7-11(15)12(8-10)21(19,20)17-14(3,4)5/h6-9,17H,1-5H3,(H,16,18). The number of nitrogens with one attached hydrogen (secondary N) is 2. The van der Waals surface area contributed by atoms with Crippen molar-refractivity contribution in [1.82, 2.24) is 10.0 Å². The van der Waals surface area contributed by atoms with Gasteiger partial charge in [-0.3, -0.25) is 4.79 Å². The molecule has 21 heavy (non-hydrogen) atoms. The summed E-state index contributed by atoms with van der Waals surface area (Å²) in [7, 11) is -3.80. The molecule has 0 radical (unpaired) electrons. The minimum absolute atomic E-state index is 0.0408. The zero-order valence-corrected chi connectivity index (χ0v) is 14.4. The molecule has 0 heterocycles. The van der Waals surface area contributed by atoms with E-state index in [9.17, 15) is 13.2 Å². The fraction of sp³-hybridized carbons (Fsp3) is 0.500. The lowest BCUT2D eigenvalue weighted by Crippen LogP contribution is -2.40. The summed E-state index contributed by atoms with van der Waals surface area (Å²) in [5.41, 5.74) is -0.388. The molecule has 0 unspecified atom stereocenters. The average molecular weight is 333 g/mol. The third-order valence-electron chi connectivity index (χ3n) is 2.34. The van der Waals surface area contributed by atoms with Crippen molar-refractivity contribution in [2.45, 2.75) is 51.1 Å². The average Bonchev–Trinajstić information content (AvgIpc) is 2.24. The summed E-state index contributed by atoms with van der Waals surface area (Å²) in [6.45, 7) is 8.84. The molecule has 0 aliphatic heterocycles. The van der Waals surface area contributed by atoms with Gasteiger partial charge in [-0.25, -0.2) is 13.1 Å². The van der Waals surface area contributed by atoms with E-state index in [0.29, 0.717) is 0 Å². The van der Waals surface area contributed by atoms with Crippen LogP contribution in [0.1, 0.15) is 45.0 Å². The second-order valence-electron chi connectivity index (χ2n) is 6.13. The number of hydrogen-bond acceptors (Lipinski definition) is 3. The second kappa shape index (κ2) is 6.34. The van der Waals surface area contributed by atoms with Gasteiger partial charge >= 0.3 is 0 Å². The minimum Gasteiger partial charge on any atom is -0.350 e. The lowest BCUT2D eigenvalue weighted by Gasteiger charge is -2.21. The number of sulfonamides is 1. The Morgan fingerprint density at radius 3 is 2.29 bits per heavy atom. The van der Waals surface area contributed by atoms with Gasteiger partial charge < -0.3 is 5.32 Å². The lowest BCUT2D eigenvalue weighted by atomic mass is 10.1. The van der Waals surface area contributed by atoms with Crippen LogP contribution in [-0.4, -0.2) is 25.9 Å². The molecule has 7 heteroatoms. The number of halogens is 1. The summed E-state index contributed by atoms with van der Waals surface area (Å²) in [5.74, 6) is -0.339. The van der Waals surface area contributed by atoms with Crippen LogP contribution in [0.5, 0.6) is 0 Å². The van der Waals surface area contributed by atoms with E-state index in [1.807, 2.05) is 13.8 Å². The van der Waals surface area contributed by atoms with Crippen LogP contribution in [0, 0.1) is 0 Å². The molecule has 118 valence electrons. The van der Waals surface area contributed by atoms with Crippen LogP contribution in [-0.2, 0) is 10.0 Å². The molecule has 0 fully saturated rings. The Morgan fingerprint density at radius 1 is 1.24 bits per heavy atom. The van der Waals surface area contributed by atoms with E-state index in [4.69, 9.17) is 11.6 Å². The molecular weight excluding hydrogens is 312 g/mol. The van der Waals surface area contributed by atoms with E-state index in [1.54, 1.807) is 20.8 Å². The first-order valence-electron chi connectivity index (χ1n) is 6.57. The highest BCUT2D eigenvalue weighted by Gasteiger charge is 2.25. The van der Waals surface area contributed by atoms with E-state index in [2.05, 4.69) is 10.0 Å². The van der Waals surface area contributed by atoms with Crippen molar-refractivity contribution in [1.29, 1.82) is 0 Å². The monoisotopic (exact) mass is 332 g/mol. The number of carbonyl (C=O) groups is 1. The Bertz CT molecular complexity index is 634. The summed E-state index contributed by atoms with van der Waals surface area (Å²) in [6, 6.07) is 4.15. The molecule has 0 aromatic heterocycles. The normalized spacial score (nSPS) is 12.5. The lowest BCUT2D eigenvalue weighted by molar-refractivity contribution is 0.0943. The van der Waals surface area contributed by atoms with Crippen LogP contribution < -0.4 is 10.0 Å². The van der Waals surface area contributed by atoms with Crippen LogP contribution in [0.2, 0.25) is 5.02 Å². The number of rotatable bonds is 4. The largest absolute Gasteiger partial charge is 0.350 e. The Hall–Kier alpha value is -1.11. The van der Waals surface area contributed by atoms with Crippen LogP contribution in [0.25, 0.3) is 0 Å². The Kier molecular flexibility index (Phi) is 5.41. The van der Waals surface area contributed by atoms with E-state index in [-0.39, 0.29) is 27.4 Å². The minimum atomic E-state index is -3.80. The van der Waals surface area contributed by atoms with Gasteiger partial charge in [0.25, 0.3) is 5.91 Å². The summed E-state index contributed by atoms with van der Waals surface area (Å²) in [6.07, 6.45) is 0. The molecule has 0 spiro atoms. The van der Waals surface area contributed by atoms with Gasteiger partial charge in [0, 0.05) is 17.1 Å². The molecule has 1 amide bonds. The van der Waals surface area contributed by atoms with Gasteiger partial charge in [0.1, 0.15) is 4.90 Å². The summed E-state index contributed by atoms with van der Waals surface area (Å²) < 4.78 is 27.2. The molecule has 0 saturated carbocycles. The third kappa shape index (κ3) is 5.30. The highest BCUT2D eigenvalue weighted by Crippen LogP contribution is 2.24. The second-order valence-corrected chi connectivity index (χ2v) is 8.19. The van der Waals surface area contributed by atoms with Crippen molar-refractivity contribution in [3.8, 4) is 0 Å². The van der Waals surface area contributed by atoms with E-state index in [0.717, 1.165) is 0 Å². The quantitative estimate of drug-likeness (QED) is 0.889. The van der Waals surface area contributed by atoms with Crippen molar-refractivity contribution in [3.63, 3.8) is 0 Å². The van der Waals surface area contributed by atoms with Crippen molar-refractivity contribution >= 4 is 27.5 Å². The van der Waals surface area contributed by atoms with Crippen LogP contribution in [0.3, 0.4) is 0 Å². The summed E-state index contributed by atoms with van der Waals surface area (Å²) in [4.78, 5) is 11.9.